The Morgan fingerprint density at radius 3 is 2.11 bits per heavy atom. The first kappa shape index (κ1) is 26.3. The fourth-order valence-electron chi connectivity index (χ4n) is 3.63. The third kappa shape index (κ3) is 7.13. The molecule has 5 nitrogen and oxygen atoms in total. The van der Waals surface area contributed by atoms with Crippen molar-refractivity contribution < 1.29 is 14.0 Å². The number of hydrogen-bond donors (Lipinski definition) is 2. The van der Waals surface area contributed by atoms with Gasteiger partial charge in [0.15, 0.2) is 0 Å². The maximum atomic E-state index is 12.7. The number of carbonyl (C=O) groups excluding carboxylic acids is 2. The summed E-state index contributed by atoms with van der Waals surface area (Å²) in [5.74, 6) is 0.518. The quantitative estimate of drug-likeness (QED) is 0.244. The highest BCUT2D eigenvalue weighted by Gasteiger charge is 2.14. The van der Waals surface area contributed by atoms with Gasteiger partial charge in [0.2, 0.25) is 5.91 Å². The molecule has 2 amide bonds. The van der Waals surface area contributed by atoms with E-state index in [9.17, 15) is 9.59 Å². The summed E-state index contributed by atoms with van der Waals surface area (Å²) in [6, 6.07) is 23.2. The average Bonchev–Trinajstić information content (AvgIpc) is 3.31. The van der Waals surface area contributed by atoms with Crippen molar-refractivity contribution in [1.29, 1.82) is 0 Å². The standard InChI is InChI=1S/C30H26Cl2N2O3/c1-30(2,3)21-9-7-19(8-10-21)29(36)34-25-6-4-5-24(18-25)33-28(35)14-12-26-11-13-27(37-26)20-15-22(31)17-23(32)16-20/h4-18H,1-3H3,(H,33,35)(H,34,36). The summed E-state index contributed by atoms with van der Waals surface area (Å²) in [7, 11) is 0. The molecule has 0 saturated heterocycles. The predicted octanol–water partition coefficient (Wildman–Crippen LogP) is 8.46. The van der Waals surface area contributed by atoms with Gasteiger partial charge < -0.3 is 15.1 Å². The van der Waals surface area contributed by atoms with Crippen molar-refractivity contribution in [2.45, 2.75) is 26.2 Å². The number of nitrogens with one attached hydrogen (secondary N) is 2. The second-order valence-corrected chi connectivity index (χ2v) is 10.4. The van der Waals surface area contributed by atoms with Crippen LogP contribution >= 0.6 is 23.2 Å². The van der Waals surface area contributed by atoms with E-state index in [0.29, 0.717) is 38.5 Å². The molecule has 1 aromatic heterocycles. The molecule has 188 valence electrons. The van der Waals surface area contributed by atoms with Crippen LogP contribution in [0.3, 0.4) is 0 Å². The van der Waals surface area contributed by atoms with E-state index in [1.54, 1.807) is 60.7 Å². The summed E-state index contributed by atoms with van der Waals surface area (Å²) in [5, 5.41) is 6.67. The number of hydrogen-bond acceptors (Lipinski definition) is 3. The molecule has 2 N–H and O–H groups in total. The number of carbonyl (C=O) groups is 2. The Balaban J connectivity index is 1.37. The van der Waals surface area contributed by atoms with Gasteiger partial charge in [-0.25, -0.2) is 0 Å². The number of benzene rings is 3. The lowest BCUT2D eigenvalue weighted by molar-refractivity contribution is -0.111. The van der Waals surface area contributed by atoms with E-state index in [4.69, 9.17) is 27.6 Å². The molecule has 4 aromatic rings. The topological polar surface area (TPSA) is 71.3 Å². The SMILES string of the molecule is CC(C)(C)c1ccc(C(=O)Nc2cccc(NC(=O)C=Cc3ccc(-c4cc(Cl)cc(Cl)c4)o3)c2)cc1. The zero-order valence-electron chi connectivity index (χ0n) is 20.6. The molecular weight excluding hydrogens is 507 g/mol. The average molecular weight is 533 g/mol. The van der Waals surface area contributed by atoms with E-state index in [1.165, 1.54) is 6.08 Å². The summed E-state index contributed by atoms with van der Waals surface area (Å²) in [5.41, 5.74) is 3.58. The van der Waals surface area contributed by atoms with Crippen LogP contribution in [0.2, 0.25) is 10.0 Å². The molecule has 0 aliphatic carbocycles. The Labute approximate surface area is 226 Å². The minimum atomic E-state index is -0.343. The number of halogens is 2. The maximum Gasteiger partial charge on any atom is 0.255 e. The molecule has 0 spiro atoms. The summed E-state index contributed by atoms with van der Waals surface area (Å²) in [4.78, 5) is 25.1. The third-order valence-corrected chi connectivity index (χ3v) is 6.01. The van der Waals surface area contributed by atoms with Gasteiger partial charge in [0, 0.05) is 38.6 Å². The van der Waals surface area contributed by atoms with Gasteiger partial charge in [0.05, 0.1) is 0 Å². The Morgan fingerprint density at radius 2 is 1.46 bits per heavy atom. The molecule has 0 aliphatic heterocycles. The van der Waals surface area contributed by atoms with E-state index in [1.807, 2.05) is 24.3 Å². The zero-order chi connectivity index (χ0) is 26.6. The fourth-order valence-corrected chi connectivity index (χ4v) is 4.16. The predicted molar refractivity (Wildman–Crippen MR) is 151 cm³/mol. The van der Waals surface area contributed by atoms with Crippen LogP contribution in [0.15, 0.2) is 89.4 Å². The molecule has 4 rings (SSSR count). The molecule has 0 saturated carbocycles. The Hall–Kier alpha value is -3.80. The molecule has 0 unspecified atom stereocenters. The van der Waals surface area contributed by atoms with Gasteiger partial charge in [-0.3, -0.25) is 9.59 Å². The van der Waals surface area contributed by atoms with Crippen LogP contribution in [0.25, 0.3) is 17.4 Å². The Morgan fingerprint density at radius 1 is 0.811 bits per heavy atom. The number of anilines is 2. The lowest BCUT2D eigenvalue weighted by Gasteiger charge is -2.19. The van der Waals surface area contributed by atoms with Crippen LogP contribution < -0.4 is 10.6 Å². The van der Waals surface area contributed by atoms with Crippen LogP contribution in [-0.4, -0.2) is 11.8 Å². The third-order valence-electron chi connectivity index (χ3n) is 5.57. The molecule has 0 bridgehead atoms. The van der Waals surface area contributed by atoms with Crippen LogP contribution in [0, 0.1) is 0 Å². The highest BCUT2D eigenvalue weighted by Crippen LogP contribution is 2.29. The zero-order valence-corrected chi connectivity index (χ0v) is 22.2. The molecule has 7 heteroatoms. The minimum Gasteiger partial charge on any atom is -0.457 e. The minimum absolute atomic E-state index is 0.0136. The van der Waals surface area contributed by atoms with Crippen molar-refractivity contribution >= 4 is 52.5 Å². The van der Waals surface area contributed by atoms with Crippen molar-refractivity contribution in [3.63, 3.8) is 0 Å². The Kier molecular flexibility index (Phi) is 7.86. The van der Waals surface area contributed by atoms with Crippen molar-refractivity contribution in [3.8, 4) is 11.3 Å². The molecular formula is C30H26Cl2N2O3. The summed E-state index contributed by atoms with van der Waals surface area (Å²) in [6.45, 7) is 6.38. The molecule has 0 radical (unpaired) electrons. The fraction of sp³-hybridized carbons (Fsp3) is 0.133. The second-order valence-electron chi connectivity index (χ2n) is 9.55. The normalized spacial score (nSPS) is 11.5. The first-order chi connectivity index (χ1) is 17.6. The number of furan rings is 1. The van der Waals surface area contributed by atoms with Gasteiger partial charge >= 0.3 is 0 Å². The van der Waals surface area contributed by atoms with Gasteiger partial charge in [0.25, 0.3) is 5.91 Å². The van der Waals surface area contributed by atoms with Crippen LogP contribution in [-0.2, 0) is 10.2 Å². The van der Waals surface area contributed by atoms with Crippen LogP contribution in [0.5, 0.6) is 0 Å². The summed E-state index contributed by atoms with van der Waals surface area (Å²) in [6.07, 6.45) is 2.94. The van der Waals surface area contributed by atoms with Crippen molar-refractivity contribution in [2.24, 2.45) is 0 Å². The smallest absolute Gasteiger partial charge is 0.255 e. The number of rotatable bonds is 6. The molecule has 37 heavy (non-hydrogen) atoms. The lowest BCUT2D eigenvalue weighted by Crippen LogP contribution is -2.14. The van der Waals surface area contributed by atoms with Crippen molar-refractivity contribution in [1.82, 2.24) is 0 Å². The van der Waals surface area contributed by atoms with E-state index in [0.717, 1.165) is 11.1 Å². The van der Waals surface area contributed by atoms with Gasteiger partial charge in [-0.2, -0.15) is 0 Å². The largest absolute Gasteiger partial charge is 0.457 e. The van der Waals surface area contributed by atoms with Gasteiger partial charge in [0.1, 0.15) is 11.5 Å². The first-order valence-electron chi connectivity index (χ1n) is 11.6. The second kappa shape index (κ2) is 11.1. The lowest BCUT2D eigenvalue weighted by atomic mass is 9.87. The van der Waals surface area contributed by atoms with Gasteiger partial charge in [-0.15, -0.1) is 0 Å². The first-order valence-corrected chi connectivity index (χ1v) is 12.4. The van der Waals surface area contributed by atoms with Crippen LogP contribution in [0.1, 0.15) is 42.5 Å². The van der Waals surface area contributed by atoms with E-state index < -0.39 is 0 Å². The molecule has 1 heterocycles. The van der Waals surface area contributed by atoms with Crippen molar-refractivity contribution in [3.05, 3.63) is 112 Å². The monoisotopic (exact) mass is 532 g/mol. The summed E-state index contributed by atoms with van der Waals surface area (Å²) < 4.78 is 5.78. The molecule has 0 aliphatic rings. The molecule has 0 atom stereocenters. The molecule has 0 fully saturated rings. The van der Waals surface area contributed by atoms with Crippen molar-refractivity contribution in [2.75, 3.05) is 10.6 Å². The van der Waals surface area contributed by atoms with Gasteiger partial charge in [-0.1, -0.05) is 62.2 Å². The summed E-state index contributed by atoms with van der Waals surface area (Å²) >= 11 is 12.1. The molecule has 3 aromatic carbocycles. The maximum absolute atomic E-state index is 12.7. The van der Waals surface area contributed by atoms with E-state index in [2.05, 4.69) is 31.4 Å². The highest BCUT2D eigenvalue weighted by molar-refractivity contribution is 6.35. The highest BCUT2D eigenvalue weighted by atomic mass is 35.5. The Bertz CT molecular complexity index is 1440. The van der Waals surface area contributed by atoms with E-state index in [-0.39, 0.29) is 17.2 Å². The number of amides is 2. The van der Waals surface area contributed by atoms with Gasteiger partial charge in [-0.05, 0) is 77.7 Å². The van der Waals surface area contributed by atoms with Crippen LogP contribution in [0.4, 0.5) is 11.4 Å². The van der Waals surface area contributed by atoms with E-state index >= 15 is 0 Å².